The molecule has 0 saturated heterocycles. The lowest BCUT2D eigenvalue weighted by atomic mass is 10.1. The second kappa shape index (κ2) is 8.50. The number of hydrogen-bond acceptors (Lipinski definition) is 4. The molecular formula is C14H23N3O2. The molecule has 1 aromatic carbocycles. The van der Waals surface area contributed by atoms with Crippen molar-refractivity contribution in [2.24, 2.45) is 5.84 Å². The summed E-state index contributed by atoms with van der Waals surface area (Å²) in [5.74, 6) is 5.26. The van der Waals surface area contributed by atoms with Crippen molar-refractivity contribution in [2.45, 2.75) is 26.7 Å². The van der Waals surface area contributed by atoms with Crippen LogP contribution in [0.1, 0.15) is 35.7 Å². The lowest BCUT2D eigenvalue weighted by Crippen LogP contribution is -2.27. The summed E-state index contributed by atoms with van der Waals surface area (Å²) in [7, 11) is 0. The minimum Gasteiger partial charge on any atom is -0.380 e. The van der Waals surface area contributed by atoms with Crippen LogP contribution in [0.25, 0.3) is 0 Å². The normalized spacial score (nSPS) is 10.3. The van der Waals surface area contributed by atoms with E-state index in [0.717, 1.165) is 30.7 Å². The number of ether oxygens (including phenoxy) is 1. The van der Waals surface area contributed by atoms with Crippen LogP contribution in [0.2, 0.25) is 0 Å². The summed E-state index contributed by atoms with van der Waals surface area (Å²) in [5, 5.41) is 2.82. The Morgan fingerprint density at radius 2 is 2.16 bits per heavy atom. The van der Waals surface area contributed by atoms with E-state index in [4.69, 9.17) is 10.6 Å². The number of carbonyl (C=O) groups is 1. The monoisotopic (exact) mass is 265 g/mol. The van der Waals surface area contributed by atoms with Crippen LogP contribution < -0.4 is 16.6 Å². The third-order valence-electron chi connectivity index (χ3n) is 2.82. The maximum atomic E-state index is 11.9. The highest BCUT2D eigenvalue weighted by Gasteiger charge is 2.06. The molecule has 0 aliphatic rings. The fraction of sp³-hybridized carbons (Fsp3) is 0.500. The number of hydrogen-bond donors (Lipinski definition) is 3. The number of carbonyl (C=O) groups excluding carboxylic acids is 1. The number of nitrogen functional groups attached to an aromatic ring is 1. The van der Waals surface area contributed by atoms with E-state index >= 15 is 0 Å². The first kappa shape index (κ1) is 15.5. The van der Waals surface area contributed by atoms with E-state index in [0.29, 0.717) is 18.7 Å². The topological polar surface area (TPSA) is 76.4 Å². The first-order chi connectivity index (χ1) is 9.19. The Hall–Kier alpha value is -1.59. The Balaban J connectivity index is 2.35. The summed E-state index contributed by atoms with van der Waals surface area (Å²) in [6.07, 6.45) is 2.17. The van der Waals surface area contributed by atoms with Gasteiger partial charge in [0.25, 0.3) is 5.91 Å². The van der Waals surface area contributed by atoms with Gasteiger partial charge >= 0.3 is 0 Å². The van der Waals surface area contributed by atoms with Crippen molar-refractivity contribution in [1.82, 2.24) is 5.32 Å². The van der Waals surface area contributed by atoms with Crippen LogP contribution >= 0.6 is 0 Å². The average molecular weight is 265 g/mol. The molecule has 1 aromatic rings. The zero-order chi connectivity index (χ0) is 14.1. The molecule has 0 aliphatic heterocycles. The van der Waals surface area contributed by atoms with Crippen molar-refractivity contribution >= 4 is 11.6 Å². The van der Waals surface area contributed by atoms with Crippen LogP contribution in [0, 0.1) is 6.92 Å². The molecular weight excluding hydrogens is 242 g/mol. The van der Waals surface area contributed by atoms with Crippen molar-refractivity contribution in [1.29, 1.82) is 0 Å². The van der Waals surface area contributed by atoms with Gasteiger partial charge in [-0.3, -0.25) is 10.6 Å². The second-order valence-electron chi connectivity index (χ2n) is 4.40. The van der Waals surface area contributed by atoms with Crippen LogP contribution in [0.5, 0.6) is 0 Å². The van der Waals surface area contributed by atoms with Gasteiger partial charge in [-0.05, 0) is 37.1 Å². The molecule has 19 heavy (non-hydrogen) atoms. The average Bonchev–Trinajstić information content (AvgIpc) is 2.42. The minimum absolute atomic E-state index is 0.0919. The molecule has 5 heteroatoms. The Kier molecular flexibility index (Phi) is 6.92. The molecule has 0 atom stereocenters. The van der Waals surface area contributed by atoms with Crippen molar-refractivity contribution < 1.29 is 9.53 Å². The molecule has 0 heterocycles. The zero-order valence-corrected chi connectivity index (χ0v) is 11.7. The largest absolute Gasteiger partial charge is 0.380 e. The number of rotatable bonds is 8. The van der Waals surface area contributed by atoms with Gasteiger partial charge in [0.2, 0.25) is 0 Å². The first-order valence-electron chi connectivity index (χ1n) is 6.62. The van der Waals surface area contributed by atoms with Gasteiger partial charge in [0.15, 0.2) is 0 Å². The Labute approximate surface area is 114 Å². The number of nitrogens with two attached hydrogens (primary N) is 1. The summed E-state index contributed by atoms with van der Waals surface area (Å²) < 4.78 is 5.38. The molecule has 1 amide bonds. The minimum atomic E-state index is -0.0919. The van der Waals surface area contributed by atoms with E-state index in [2.05, 4.69) is 17.7 Å². The molecule has 5 nitrogen and oxygen atoms in total. The third-order valence-corrected chi connectivity index (χ3v) is 2.82. The van der Waals surface area contributed by atoms with Gasteiger partial charge < -0.3 is 15.5 Å². The summed E-state index contributed by atoms with van der Waals surface area (Å²) in [4.78, 5) is 11.9. The number of unbranched alkanes of at least 4 members (excludes halogenated alkanes) is 1. The molecule has 106 valence electrons. The van der Waals surface area contributed by atoms with Gasteiger partial charge in [-0.2, -0.15) is 0 Å². The predicted octanol–water partition coefficient (Wildman–Crippen LogP) is 1.83. The molecule has 4 N–H and O–H groups in total. The maximum absolute atomic E-state index is 11.9. The second-order valence-corrected chi connectivity index (χ2v) is 4.40. The highest BCUT2D eigenvalue weighted by Crippen LogP contribution is 2.14. The first-order valence-corrected chi connectivity index (χ1v) is 6.62. The summed E-state index contributed by atoms with van der Waals surface area (Å²) >= 11 is 0. The van der Waals surface area contributed by atoms with E-state index in [1.165, 1.54) is 0 Å². The molecule has 0 fully saturated rings. The summed E-state index contributed by atoms with van der Waals surface area (Å²) in [6.45, 7) is 5.85. The standard InChI is InChI=1S/C14H23N3O2/c1-3-4-8-19-9-7-16-14(18)12-5-6-13(17-15)11(2)10-12/h5-6,10,17H,3-4,7-9,15H2,1-2H3,(H,16,18). The zero-order valence-electron chi connectivity index (χ0n) is 11.7. The van der Waals surface area contributed by atoms with E-state index < -0.39 is 0 Å². The van der Waals surface area contributed by atoms with Crippen molar-refractivity contribution in [2.75, 3.05) is 25.2 Å². The highest BCUT2D eigenvalue weighted by molar-refractivity contribution is 5.94. The SMILES string of the molecule is CCCCOCCNC(=O)c1ccc(NN)c(C)c1. The number of amides is 1. The number of hydrazine groups is 1. The molecule has 0 radical (unpaired) electrons. The van der Waals surface area contributed by atoms with Gasteiger partial charge in [-0.25, -0.2) is 0 Å². The summed E-state index contributed by atoms with van der Waals surface area (Å²) in [5.41, 5.74) is 4.97. The third kappa shape index (κ3) is 5.28. The van der Waals surface area contributed by atoms with E-state index in [1.807, 2.05) is 13.0 Å². The van der Waals surface area contributed by atoms with Crippen molar-refractivity contribution in [3.8, 4) is 0 Å². The van der Waals surface area contributed by atoms with Crippen LogP contribution in [0.15, 0.2) is 18.2 Å². The molecule has 0 aliphatic carbocycles. The maximum Gasteiger partial charge on any atom is 0.251 e. The predicted molar refractivity (Wildman–Crippen MR) is 77.0 cm³/mol. The lowest BCUT2D eigenvalue weighted by molar-refractivity contribution is 0.0912. The van der Waals surface area contributed by atoms with Gasteiger partial charge in [0, 0.05) is 18.7 Å². The number of benzene rings is 1. The van der Waals surface area contributed by atoms with Crippen LogP contribution in [0.4, 0.5) is 5.69 Å². The Bertz CT molecular complexity index is 408. The van der Waals surface area contributed by atoms with Gasteiger partial charge in [0.1, 0.15) is 0 Å². The molecule has 0 bridgehead atoms. The van der Waals surface area contributed by atoms with E-state index in [1.54, 1.807) is 12.1 Å². The molecule has 0 saturated carbocycles. The van der Waals surface area contributed by atoms with Crippen LogP contribution in [0.3, 0.4) is 0 Å². The van der Waals surface area contributed by atoms with Gasteiger partial charge in [0.05, 0.1) is 12.3 Å². The number of nitrogens with one attached hydrogen (secondary N) is 2. The molecule has 0 aromatic heterocycles. The molecule has 0 unspecified atom stereocenters. The highest BCUT2D eigenvalue weighted by atomic mass is 16.5. The van der Waals surface area contributed by atoms with Crippen molar-refractivity contribution in [3.05, 3.63) is 29.3 Å². The smallest absolute Gasteiger partial charge is 0.251 e. The summed E-state index contributed by atoms with van der Waals surface area (Å²) in [6, 6.07) is 5.35. The van der Waals surface area contributed by atoms with Crippen molar-refractivity contribution in [3.63, 3.8) is 0 Å². The van der Waals surface area contributed by atoms with Gasteiger partial charge in [-0.15, -0.1) is 0 Å². The molecule has 1 rings (SSSR count). The Morgan fingerprint density at radius 1 is 1.37 bits per heavy atom. The van der Waals surface area contributed by atoms with Crippen LogP contribution in [-0.2, 0) is 4.74 Å². The Morgan fingerprint density at radius 3 is 2.79 bits per heavy atom. The van der Waals surface area contributed by atoms with E-state index in [9.17, 15) is 4.79 Å². The fourth-order valence-electron chi connectivity index (χ4n) is 1.65. The molecule has 0 spiro atoms. The lowest BCUT2D eigenvalue weighted by Gasteiger charge is -2.09. The van der Waals surface area contributed by atoms with E-state index in [-0.39, 0.29) is 5.91 Å². The number of aryl methyl sites for hydroxylation is 1. The number of anilines is 1. The van der Waals surface area contributed by atoms with Gasteiger partial charge in [-0.1, -0.05) is 13.3 Å². The quantitative estimate of drug-likeness (QED) is 0.381. The van der Waals surface area contributed by atoms with Crippen LogP contribution in [-0.4, -0.2) is 25.7 Å². The fourth-order valence-corrected chi connectivity index (χ4v) is 1.65.